The molecule has 12 heteroatoms. The average molecular weight is 487 g/mol. The Labute approximate surface area is 188 Å². The van der Waals surface area contributed by atoms with Gasteiger partial charge in [-0.1, -0.05) is 11.6 Å². The Morgan fingerprint density at radius 2 is 1.91 bits per heavy atom. The van der Waals surface area contributed by atoms with Gasteiger partial charge in [-0.05, 0) is 25.0 Å². The summed E-state index contributed by atoms with van der Waals surface area (Å²) in [6, 6.07) is 1.88. The van der Waals surface area contributed by atoms with Gasteiger partial charge in [0.1, 0.15) is 17.5 Å². The van der Waals surface area contributed by atoms with E-state index in [1.165, 1.54) is 0 Å². The van der Waals surface area contributed by atoms with E-state index < -0.39 is 27.4 Å². The van der Waals surface area contributed by atoms with Gasteiger partial charge >= 0.3 is 5.97 Å². The highest BCUT2D eigenvalue weighted by Crippen LogP contribution is 2.35. The summed E-state index contributed by atoms with van der Waals surface area (Å²) in [5.74, 6) is -2.66. The number of nitrogens with zero attached hydrogens (tertiary/aromatic N) is 3. The molecule has 2 aliphatic heterocycles. The van der Waals surface area contributed by atoms with Crippen LogP contribution in [-0.4, -0.2) is 55.1 Å². The van der Waals surface area contributed by atoms with Crippen molar-refractivity contribution in [2.45, 2.75) is 36.8 Å². The van der Waals surface area contributed by atoms with Gasteiger partial charge < -0.3 is 15.3 Å². The van der Waals surface area contributed by atoms with Crippen molar-refractivity contribution in [1.82, 2.24) is 15.3 Å². The van der Waals surface area contributed by atoms with Crippen LogP contribution in [0.1, 0.15) is 30.5 Å². The maximum atomic E-state index is 14.5. The molecule has 0 amide bonds. The number of piperidine rings is 1. The molecule has 1 saturated heterocycles. The number of carbonyl (C=O) groups is 1. The fraction of sp³-hybridized carbons (Fsp3) is 0.450. The second kappa shape index (κ2) is 8.87. The molecule has 0 saturated carbocycles. The van der Waals surface area contributed by atoms with Crippen LogP contribution in [-0.2, 0) is 26.1 Å². The number of sulfone groups is 1. The summed E-state index contributed by atoms with van der Waals surface area (Å²) >= 11 is 5.64. The molecule has 1 fully saturated rings. The molecule has 2 aromatic rings. The fourth-order valence-corrected chi connectivity index (χ4v) is 5.66. The Bertz CT molecular complexity index is 1170. The third-order valence-corrected chi connectivity index (χ3v) is 7.34. The summed E-state index contributed by atoms with van der Waals surface area (Å²) < 4.78 is 53.0. The highest BCUT2D eigenvalue weighted by Gasteiger charge is 2.33. The molecule has 0 spiro atoms. The number of benzene rings is 1. The smallest absolute Gasteiger partial charge is 0.304 e. The molecule has 3 heterocycles. The van der Waals surface area contributed by atoms with Crippen molar-refractivity contribution in [3.63, 3.8) is 0 Å². The van der Waals surface area contributed by atoms with Gasteiger partial charge in [0.25, 0.3) is 0 Å². The van der Waals surface area contributed by atoms with Crippen molar-refractivity contribution >= 4 is 33.2 Å². The Morgan fingerprint density at radius 1 is 1.19 bits per heavy atom. The lowest BCUT2D eigenvalue weighted by Crippen LogP contribution is -2.43. The Morgan fingerprint density at radius 3 is 2.59 bits per heavy atom. The van der Waals surface area contributed by atoms with Crippen LogP contribution in [0.25, 0.3) is 11.4 Å². The lowest BCUT2D eigenvalue weighted by atomic mass is 10.0. The zero-order valence-corrected chi connectivity index (χ0v) is 18.5. The van der Waals surface area contributed by atoms with Crippen LogP contribution < -0.4 is 10.2 Å². The van der Waals surface area contributed by atoms with E-state index in [1.54, 1.807) is 0 Å². The molecule has 0 aliphatic carbocycles. The second-order valence-corrected chi connectivity index (χ2v) is 10.4. The Kier molecular flexibility index (Phi) is 6.33. The van der Waals surface area contributed by atoms with Gasteiger partial charge in [-0.15, -0.1) is 0 Å². The van der Waals surface area contributed by atoms with Crippen LogP contribution in [0, 0.1) is 11.6 Å². The Hall–Kier alpha value is -2.37. The SMILES string of the molecule is O=C(O)CCNC1CCN(c2nc(-c3cc(F)c(Cl)cc3F)nc3c2CS(=O)(=O)C3)CC1. The fourth-order valence-electron chi connectivity index (χ4n) is 4.02. The van der Waals surface area contributed by atoms with E-state index in [1.807, 2.05) is 4.90 Å². The second-order valence-electron chi connectivity index (χ2n) is 7.93. The molecule has 0 atom stereocenters. The average Bonchev–Trinajstić information content (AvgIpc) is 3.04. The van der Waals surface area contributed by atoms with Crippen LogP contribution >= 0.6 is 11.6 Å². The van der Waals surface area contributed by atoms with Gasteiger partial charge in [-0.2, -0.15) is 0 Å². The molecule has 32 heavy (non-hydrogen) atoms. The van der Waals surface area contributed by atoms with Gasteiger partial charge in [0.05, 0.1) is 34.2 Å². The molecule has 4 rings (SSSR count). The van der Waals surface area contributed by atoms with Gasteiger partial charge in [0.15, 0.2) is 15.7 Å². The zero-order valence-electron chi connectivity index (χ0n) is 16.9. The molecule has 2 aliphatic rings. The van der Waals surface area contributed by atoms with Crippen molar-refractivity contribution in [2.75, 3.05) is 24.5 Å². The number of carboxylic acid groups (broad SMARTS) is 1. The first kappa shape index (κ1) is 22.8. The first-order chi connectivity index (χ1) is 15.1. The highest BCUT2D eigenvalue weighted by molar-refractivity contribution is 7.90. The number of nitrogens with one attached hydrogen (secondary N) is 1. The number of fused-ring (bicyclic) bond motifs is 1. The predicted molar refractivity (Wildman–Crippen MR) is 114 cm³/mol. The van der Waals surface area contributed by atoms with E-state index in [9.17, 15) is 22.0 Å². The summed E-state index contributed by atoms with van der Waals surface area (Å²) in [4.78, 5) is 21.3. The van der Waals surface area contributed by atoms with Crippen molar-refractivity contribution in [3.8, 4) is 11.4 Å². The topological polar surface area (TPSA) is 112 Å². The van der Waals surface area contributed by atoms with Crippen LogP contribution in [0.5, 0.6) is 0 Å². The van der Waals surface area contributed by atoms with Crippen molar-refractivity contribution in [2.24, 2.45) is 0 Å². The van der Waals surface area contributed by atoms with Crippen molar-refractivity contribution in [3.05, 3.63) is 40.0 Å². The van der Waals surface area contributed by atoms with Crippen LogP contribution in [0.2, 0.25) is 5.02 Å². The first-order valence-corrected chi connectivity index (χ1v) is 12.3. The number of hydrogen-bond donors (Lipinski definition) is 2. The van der Waals surface area contributed by atoms with Crippen LogP contribution in [0.4, 0.5) is 14.6 Å². The molecule has 8 nitrogen and oxygen atoms in total. The number of aliphatic carboxylic acids is 1. The van der Waals surface area contributed by atoms with Crippen molar-refractivity contribution in [1.29, 1.82) is 0 Å². The van der Waals surface area contributed by atoms with Gasteiger partial charge in [0.2, 0.25) is 0 Å². The summed E-state index contributed by atoms with van der Waals surface area (Å²) in [5, 5.41) is 11.6. The minimum absolute atomic E-state index is 0.0318. The quantitative estimate of drug-likeness (QED) is 0.599. The van der Waals surface area contributed by atoms with Gasteiger partial charge in [-0.3, -0.25) is 4.79 Å². The zero-order chi connectivity index (χ0) is 23.0. The van der Waals surface area contributed by atoms with Crippen molar-refractivity contribution < 1.29 is 27.1 Å². The largest absolute Gasteiger partial charge is 0.481 e. The maximum Gasteiger partial charge on any atom is 0.304 e. The normalized spacial score (nSPS) is 18.0. The van der Waals surface area contributed by atoms with Crippen LogP contribution in [0.15, 0.2) is 12.1 Å². The summed E-state index contributed by atoms with van der Waals surface area (Å²) in [7, 11) is -3.41. The van der Waals surface area contributed by atoms with E-state index >= 15 is 0 Å². The molecule has 2 N–H and O–H groups in total. The third-order valence-electron chi connectivity index (χ3n) is 5.61. The Balaban J connectivity index is 1.63. The lowest BCUT2D eigenvalue weighted by molar-refractivity contribution is -0.136. The van der Waals surface area contributed by atoms with E-state index in [-0.39, 0.29) is 40.4 Å². The molecule has 1 aromatic heterocycles. The van der Waals surface area contributed by atoms with Gasteiger partial charge in [-0.25, -0.2) is 27.2 Å². The molecular formula is C20H21ClF2N4O4S. The monoisotopic (exact) mass is 486 g/mol. The van der Waals surface area contributed by atoms with E-state index in [4.69, 9.17) is 16.7 Å². The maximum absolute atomic E-state index is 14.5. The summed E-state index contributed by atoms with van der Waals surface area (Å²) in [6.07, 6.45) is 1.43. The number of aromatic nitrogens is 2. The molecular weight excluding hydrogens is 466 g/mol. The molecule has 0 unspecified atom stereocenters. The minimum atomic E-state index is -3.41. The van der Waals surface area contributed by atoms with Gasteiger partial charge in [0, 0.05) is 31.2 Å². The minimum Gasteiger partial charge on any atom is -0.481 e. The third kappa shape index (κ3) is 4.84. The summed E-state index contributed by atoms with van der Waals surface area (Å²) in [6.45, 7) is 1.46. The predicted octanol–water partition coefficient (Wildman–Crippen LogP) is 2.54. The molecule has 1 aromatic carbocycles. The molecule has 0 bridgehead atoms. The summed E-state index contributed by atoms with van der Waals surface area (Å²) in [5.41, 5.74) is 0.591. The van der Waals surface area contributed by atoms with E-state index in [2.05, 4.69) is 15.3 Å². The standard InChI is InChI=1S/C20H21ClF2N4O4S/c21-14-8-15(22)12(7-16(14)23)19-25-17-10-32(30,31)9-13(17)20(26-19)27-5-2-11(3-6-27)24-4-1-18(28)29/h7-8,11,24H,1-6,9-10H2,(H,28,29). The number of hydrogen-bond acceptors (Lipinski definition) is 7. The number of halogens is 3. The number of anilines is 1. The highest BCUT2D eigenvalue weighted by atomic mass is 35.5. The number of carboxylic acids is 1. The van der Waals surface area contributed by atoms with Crippen LogP contribution in [0.3, 0.4) is 0 Å². The van der Waals surface area contributed by atoms with E-state index in [0.717, 1.165) is 12.1 Å². The molecule has 0 radical (unpaired) electrons. The van der Waals surface area contributed by atoms with E-state index in [0.29, 0.717) is 49.6 Å². The molecule has 172 valence electrons. The number of rotatable bonds is 6. The lowest BCUT2D eigenvalue weighted by Gasteiger charge is -2.34. The first-order valence-electron chi connectivity index (χ1n) is 10.1.